The average Bonchev–Trinajstić information content (AvgIpc) is 3.02. The van der Waals surface area contributed by atoms with E-state index in [1.54, 1.807) is 24.3 Å². The van der Waals surface area contributed by atoms with E-state index in [-0.39, 0.29) is 30.7 Å². The molecule has 3 aromatic carbocycles. The lowest BCUT2D eigenvalue weighted by Crippen LogP contribution is -2.31. The summed E-state index contributed by atoms with van der Waals surface area (Å²) in [6.45, 7) is 2.24. The third-order valence-electron chi connectivity index (χ3n) is 5.20. The highest BCUT2D eigenvalue weighted by Gasteiger charge is 2.34. The Morgan fingerprint density at radius 1 is 0.806 bits per heavy atom. The van der Waals surface area contributed by atoms with Crippen LogP contribution in [-0.4, -0.2) is 29.2 Å². The first-order valence-electron chi connectivity index (χ1n) is 10.2. The number of nitrogens with one attached hydrogen (secondary N) is 2. The van der Waals surface area contributed by atoms with Crippen LogP contribution in [0.1, 0.15) is 39.1 Å². The fourth-order valence-corrected chi connectivity index (χ4v) is 3.55. The van der Waals surface area contributed by atoms with Crippen LogP contribution in [0.2, 0.25) is 0 Å². The number of aryl methyl sites for hydroxylation is 1. The SMILES string of the molecule is Cc1ccc(Nc2ccccc2NC(=O)CCCN2C(=O)c3ccccc3C2=O)cc1. The van der Waals surface area contributed by atoms with Crippen molar-refractivity contribution in [2.24, 2.45) is 0 Å². The number of imide groups is 1. The topological polar surface area (TPSA) is 78.5 Å². The molecule has 31 heavy (non-hydrogen) atoms. The minimum atomic E-state index is -0.298. The van der Waals surface area contributed by atoms with Crippen LogP contribution >= 0.6 is 0 Å². The molecule has 1 aliphatic rings. The Hall–Kier alpha value is -3.93. The van der Waals surface area contributed by atoms with Crippen molar-refractivity contribution in [2.75, 3.05) is 17.2 Å². The van der Waals surface area contributed by atoms with Crippen molar-refractivity contribution in [3.8, 4) is 0 Å². The summed E-state index contributed by atoms with van der Waals surface area (Å²) in [6.07, 6.45) is 0.594. The lowest BCUT2D eigenvalue weighted by molar-refractivity contribution is -0.116. The third kappa shape index (κ3) is 4.48. The second-order valence-electron chi connectivity index (χ2n) is 7.50. The van der Waals surface area contributed by atoms with E-state index in [1.807, 2.05) is 55.5 Å². The molecule has 0 saturated heterocycles. The number of nitrogens with zero attached hydrogens (tertiary/aromatic N) is 1. The Balaban J connectivity index is 1.33. The van der Waals surface area contributed by atoms with E-state index in [1.165, 1.54) is 10.5 Å². The molecule has 1 heterocycles. The number of fused-ring (bicyclic) bond motifs is 1. The van der Waals surface area contributed by atoms with Crippen LogP contribution in [0, 0.1) is 6.92 Å². The highest BCUT2D eigenvalue weighted by Crippen LogP contribution is 2.26. The van der Waals surface area contributed by atoms with Gasteiger partial charge in [0.2, 0.25) is 5.91 Å². The van der Waals surface area contributed by atoms with Crippen molar-refractivity contribution < 1.29 is 14.4 Å². The third-order valence-corrected chi connectivity index (χ3v) is 5.20. The van der Waals surface area contributed by atoms with Gasteiger partial charge in [-0.2, -0.15) is 0 Å². The molecule has 0 aliphatic carbocycles. The number of anilines is 3. The van der Waals surface area contributed by atoms with Gasteiger partial charge < -0.3 is 10.6 Å². The van der Waals surface area contributed by atoms with Gasteiger partial charge in [0, 0.05) is 18.7 Å². The van der Waals surface area contributed by atoms with Crippen molar-refractivity contribution in [1.29, 1.82) is 0 Å². The van der Waals surface area contributed by atoms with E-state index in [9.17, 15) is 14.4 Å². The van der Waals surface area contributed by atoms with Gasteiger partial charge in [-0.3, -0.25) is 19.3 Å². The first-order chi connectivity index (χ1) is 15.0. The van der Waals surface area contributed by atoms with Gasteiger partial charge >= 0.3 is 0 Å². The van der Waals surface area contributed by atoms with Crippen molar-refractivity contribution in [3.63, 3.8) is 0 Å². The number of hydrogen-bond acceptors (Lipinski definition) is 4. The molecular formula is C25H23N3O3. The van der Waals surface area contributed by atoms with Crippen molar-refractivity contribution in [1.82, 2.24) is 4.90 Å². The van der Waals surface area contributed by atoms with E-state index in [4.69, 9.17) is 0 Å². The van der Waals surface area contributed by atoms with Gasteiger partial charge in [-0.05, 0) is 49.7 Å². The minimum absolute atomic E-state index is 0.172. The number of carbonyl (C=O) groups excluding carboxylic acids is 3. The second-order valence-corrected chi connectivity index (χ2v) is 7.50. The number of rotatable bonds is 7. The molecule has 1 aliphatic heterocycles. The molecule has 0 fully saturated rings. The van der Waals surface area contributed by atoms with Crippen LogP contribution in [0.15, 0.2) is 72.8 Å². The van der Waals surface area contributed by atoms with E-state index < -0.39 is 0 Å². The molecule has 3 amide bonds. The van der Waals surface area contributed by atoms with Gasteiger partial charge in [0.05, 0.1) is 22.5 Å². The summed E-state index contributed by atoms with van der Waals surface area (Å²) in [6, 6.07) is 22.3. The zero-order valence-electron chi connectivity index (χ0n) is 17.2. The summed E-state index contributed by atoms with van der Waals surface area (Å²) in [4.78, 5) is 38.5. The molecule has 0 unspecified atom stereocenters. The molecular weight excluding hydrogens is 390 g/mol. The van der Waals surface area contributed by atoms with Gasteiger partial charge in [-0.25, -0.2) is 0 Å². The van der Waals surface area contributed by atoms with Gasteiger partial charge in [0.25, 0.3) is 11.8 Å². The molecule has 6 nitrogen and oxygen atoms in total. The first-order valence-corrected chi connectivity index (χ1v) is 10.2. The number of carbonyl (C=O) groups is 3. The Morgan fingerprint density at radius 3 is 2.03 bits per heavy atom. The fraction of sp³-hybridized carbons (Fsp3) is 0.160. The first kappa shape index (κ1) is 20.3. The monoisotopic (exact) mass is 413 g/mol. The quantitative estimate of drug-likeness (QED) is 0.548. The standard InChI is InChI=1S/C25H23N3O3/c1-17-12-14-18(15-13-17)26-21-9-4-5-10-22(21)27-23(29)11-6-16-28-24(30)19-7-2-3-8-20(19)25(28)31/h2-5,7-10,12-15,26H,6,11,16H2,1H3,(H,27,29). The maximum atomic E-state index is 12.5. The number of benzene rings is 3. The predicted octanol–water partition coefficient (Wildman–Crippen LogP) is 4.75. The van der Waals surface area contributed by atoms with Crippen LogP contribution in [-0.2, 0) is 4.79 Å². The van der Waals surface area contributed by atoms with Gasteiger partial charge in [0.1, 0.15) is 0 Å². The van der Waals surface area contributed by atoms with Crippen molar-refractivity contribution in [2.45, 2.75) is 19.8 Å². The summed E-state index contributed by atoms with van der Waals surface area (Å²) in [7, 11) is 0. The van der Waals surface area contributed by atoms with Crippen LogP contribution in [0.5, 0.6) is 0 Å². The van der Waals surface area contributed by atoms with Gasteiger partial charge in [0.15, 0.2) is 0 Å². The molecule has 0 bridgehead atoms. The van der Waals surface area contributed by atoms with E-state index in [0.717, 1.165) is 11.4 Å². The van der Waals surface area contributed by atoms with Crippen LogP contribution in [0.3, 0.4) is 0 Å². The van der Waals surface area contributed by atoms with E-state index >= 15 is 0 Å². The molecule has 6 heteroatoms. The maximum absolute atomic E-state index is 12.5. The number of amides is 3. The summed E-state index contributed by atoms with van der Waals surface area (Å²) in [5, 5.41) is 6.23. The van der Waals surface area contributed by atoms with E-state index in [0.29, 0.717) is 23.2 Å². The molecule has 0 atom stereocenters. The molecule has 0 radical (unpaired) electrons. The fourth-order valence-electron chi connectivity index (χ4n) is 3.55. The average molecular weight is 413 g/mol. The molecule has 156 valence electrons. The summed E-state index contributed by atoms with van der Waals surface area (Å²) in [5.74, 6) is -0.767. The molecule has 0 saturated carbocycles. The van der Waals surface area contributed by atoms with Gasteiger partial charge in [-0.15, -0.1) is 0 Å². The lowest BCUT2D eigenvalue weighted by atomic mass is 10.1. The van der Waals surface area contributed by atoms with E-state index in [2.05, 4.69) is 10.6 Å². The summed E-state index contributed by atoms with van der Waals surface area (Å²) >= 11 is 0. The molecule has 3 aromatic rings. The number of hydrogen-bond donors (Lipinski definition) is 2. The van der Waals surface area contributed by atoms with Crippen LogP contribution < -0.4 is 10.6 Å². The minimum Gasteiger partial charge on any atom is -0.354 e. The van der Waals surface area contributed by atoms with Crippen molar-refractivity contribution >= 4 is 34.8 Å². The predicted molar refractivity (Wildman–Crippen MR) is 121 cm³/mol. The molecule has 2 N–H and O–H groups in total. The summed E-state index contributed by atoms with van der Waals surface area (Å²) < 4.78 is 0. The Labute approximate surface area is 180 Å². The zero-order chi connectivity index (χ0) is 21.8. The lowest BCUT2D eigenvalue weighted by Gasteiger charge is -2.15. The Bertz CT molecular complexity index is 1100. The van der Waals surface area contributed by atoms with Gasteiger partial charge in [-0.1, -0.05) is 42.0 Å². The van der Waals surface area contributed by atoms with Crippen LogP contribution in [0.25, 0.3) is 0 Å². The number of para-hydroxylation sites is 2. The highest BCUT2D eigenvalue weighted by molar-refractivity contribution is 6.21. The summed E-state index contributed by atoms with van der Waals surface area (Å²) in [5.41, 5.74) is 4.41. The normalized spacial score (nSPS) is 12.6. The zero-order valence-corrected chi connectivity index (χ0v) is 17.2. The Kier molecular flexibility index (Phi) is 5.80. The highest BCUT2D eigenvalue weighted by atomic mass is 16.2. The largest absolute Gasteiger partial charge is 0.354 e. The smallest absolute Gasteiger partial charge is 0.261 e. The second kappa shape index (κ2) is 8.83. The van der Waals surface area contributed by atoms with Crippen LogP contribution in [0.4, 0.5) is 17.1 Å². The molecule has 0 aromatic heterocycles. The molecule has 0 spiro atoms. The maximum Gasteiger partial charge on any atom is 0.261 e. The van der Waals surface area contributed by atoms with Crippen molar-refractivity contribution in [3.05, 3.63) is 89.5 Å². The molecule has 4 rings (SSSR count). The Morgan fingerprint density at radius 2 is 1.39 bits per heavy atom.